The van der Waals surface area contributed by atoms with Crippen LogP contribution in [0.15, 0.2) is 12.1 Å². The van der Waals surface area contributed by atoms with E-state index >= 15 is 0 Å². The van der Waals surface area contributed by atoms with Gasteiger partial charge in [-0.3, -0.25) is 0 Å². The number of anilines is 2. The maximum Gasteiger partial charge on any atom is 0.205 e. The van der Waals surface area contributed by atoms with Gasteiger partial charge in [-0.05, 0) is 12.1 Å². The van der Waals surface area contributed by atoms with Crippen LogP contribution in [-0.2, 0) is 16.8 Å². The van der Waals surface area contributed by atoms with Crippen LogP contribution >= 0.6 is 11.5 Å². The highest BCUT2D eigenvalue weighted by Crippen LogP contribution is 2.27. The van der Waals surface area contributed by atoms with Crippen LogP contribution in [0.1, 0.15) is 32.4 Å². The Morgan fingerprint density at radius 2 is 2.04 bits per heavy atom. The number of ether oxygens (including phenoxy) is 1. The number of hydrogen-bond acceptors (Lipinski definition) is 9. The molecule has 3 aromatic heterocycles. The van der Waals surface area contributed by atoms with Crippen molar-refractivity contribution >= 4 is 28.1 Å². The molecule has 1 saturated heterocycles. The quantitative estimate of drug-likeness (QED) is 0.654. The average Bonchev–Trinajstić information content (AvgIpc) is 3.19. The Kier molecular flexibility index (Phi) is 4.47. The second kappa shape index (κ2) is 6.68. The Morgan fingerprint density at radius 1 is 1.26 bits per heavy atom. The lowest BCUT2D eigenvalue weighted by Gasteiger charge is -2.44. The van der Waals surface area contributed by atoms with Crippen LogP contribution in [0, 0.1) is 0 Å². The lowest BCUT2D eigenvalue weighted by atomic mass is 9.96. The molecule has 0 amide bonds. The Labute approximate surface area is 162 Å². The lowest BCUT2D eigenvalue weighted by molar-refractivity contribution is 0.179. The number of methoxy groups -OCH3 is 1. The summed E-state index contributed by atoms with van der Waals surface area (Å²) in [6.45, 7) is 8.58. The van der Waals surface area contributed by atoms with Crippen LogP contribution in [0.2, 0.25) is 0 Å². The van der Waals surface area contributed by atoms with Gasteiger partial charge in [-0.25, -0.2) is 4.98 Å². The van der Waals surface area contributed by atoms with E-state index in [1.165, 1.54) is 11.5 Å². The van der Waals surface area contributed by atoms with E-state index in [1.807, 2.05) is 16.6 Å². The first-order valence-electron chi connectivity index (χ1n) is 8.89. The molecule has 0 N–H and O–H groups in total. The highest BCUT2D eigenvalue weighted by Gasteiger charge is 2.33. The summed E-state index contributed by atoms with van der Waals surface area (Å²) in [5.74, 6) is 2.54. The van der Waals surface area contributed by atoms with Crippen LogP contribution in [-0.4, -0.2) is 62.5 Å². The van der Waals surface area contributed by atoms with Gasteiger partial charge in [0.1, 0.15) is 12.4 Å². The fourth-order valence-electron chi connectivity index (χ4n) is 3.03. The van der Waals surface area contributed by atoms with Crippen molar-refractivity contribution in [1.82, 2.24) is 29.2 Å². The summed E-state index contributed by atoms with van der Waals surface area (Å²) in [5, 5.41) is 14.2. The van der Waals surface area contributed by atoms with Crippen molar-refractivity contribution < 1.29 is 4.74 Å². The van der Waals surface area contributed by atoms with Gasteiger partial charge in [0.25, 0.3) is 0 Å². The summed E-state index contributed by atoms with van der Waals surface area (Å²) in [4.78, 5) is 8.97. The van der Waals surface area contributed by atoms with Crippen LogP contribution in [0.4, 0.5) is 10.9 Å². The molecule has 4 heterocycles. The zero-order valence-corrected chi connectivity index (χ0v) is 17.1. The molecule has 0 spiro atoms. The fourth-order valence-corrected chi connectivity index (χ4v) is 3.74. The van der Waals surface area contributed by atoms with Gasteiger partial charge < -0.3 is 14.5 Å². The topological polar surface area (TPSA) is 84.6 Å². The second-order valence-electron chi connectivity index (χ2n) is 7.83. The molecule has 0 radical (unpaired) electrons. The van der Waals surface area contributed by atoms with E-state index in [0.717, 1.165) is 41.3 Å². The molecule has 4 rings (SSSR count). The van der Waals surface area contributed by atoms with E-state index in [4.69, 9.17) is 9.84 Å². The zero-order chi connectivity index (χ0) is 19.2. The smallest absolute Gasteiger partial charge is 0.205 e. The molecular formula is C17H24N8OS. The van der Waals surface area contributed by atoms with Gasteiger partial charge in [0.15, 0.2) is 17.3 Å². The van der Waals surface area contributed by atoms with Crippen molar-refractivity contribution in [3.05, 3.63) is 23.8 Å². The maximum absolute atomic E-state index is 5.09. The Morgan fingerprint density at radius 3 is 2.74 bits per heavy atom. The van der Waals surface area contributed by atoms with Crippen molar-refractivity contribution in [3.8, 4) is 0 Å². The van der Waals surface area contributed by atoms with Gasteiger partial charge in [0, 0.05) is 44.2 Å². The molecule has 1 aliphatic heterocycles. The molecule has 27 heavy (non-hydrogen) atoms. The normalized spacial score (nSPS) is 15.4. The molecule has 0 unspecified atom stereocenters. The first-order chi connectivity index (χ1) is 12.9. The Balaban J connectivity index is 1.47. The van der Waals surface area contributed by atoms with Gasteiger partial charge >= 0.3 is 0 Å². The molecule has 144 valence electrons. The molecule has 1 fully saturated rings. The van der Waals surface area contributed by atoms with E-state index < -0.39 is 0 Å². The SMILES string of the molecule is COCc1nsc(N(C)C2CN(c3ccc4nnc(C(C)(C)C)n4n3)C2)n1. The van der Waals surface area contributed by atoms with Gasteiger partial charge in [-0.2, -0.15) is 8.89 Å². The lowest BCUT2D eigenvalue weighted by Crippen LogP contribution is -2.59. The first kappa shape index (κ1) is 18.1. The highest BCUT2D eigenvalue weighted by atomic mass is 32.1. The third-order valence-electron chi connectivity index (χ3n) is 4.69. The minimum absolute atomic E-state index is 0.111. The molecule has 1 aliphatic rings. The monoisotopic (exact) mass is 388 g/mol. The average molecular weight is 389 g/mol. The second-order valence-corrected chi connectivity index (χ2v) is 8.56. The number of nitrogens with zero attached hydrogens (tertiary/aromatic N) is 8. The molecule has 3 aromatic rings. The first-order valence-corrected chi connectivity index (χ1v) is 9.66. The predicted octanol–water partition coefficient (Wildman–Crippen LogP) is 1.74. The van der Waals surface area contributed by atoms with E-state index in [-0.39, 0.29) is 5.41 Å². The summed E-state index contributed by atoms with van der Waals surface area (Å²) < 4.78 is 11.3. The summed E-state index contributed by atoms with van der Waals surface area (Å²) in [5.41, 5.74) is 0.665. The van der Waals surface area contributed by atoms with Crippen molar-refractivity contribution in [2.24, 2.45) is 0 Å². The minimum atomic E-state index is -0.111. The van der Waals surface area contributed by atoms with Crippen LogP contribution < -0.4 is 9.80 Å². The fraction of sp³-hybridized carbons (Fsp3) is 0.588. The number of hydrogen-bond donors (Lipinski definition) is 0. The van der Waals surface area contributed by atoms with Gasteiger partial charge in [0.2, 0.25) is 5.13 Å². The number of fused-ring (bicyclic) bond motifs is 1. The molecule has 0 saturated carbocycles. The summed E-state index contributed by atoms with van der Waals surface area (Å²) in [6, 6.07) is 4.37. The molecule has 0 aromatic carbocycles. The van der Waals surface area contributed by atoms with Gasteiger partial charge in [-0.15, -0.1) is 15.3 Å². The van der Waals surface area contributed by atoms with E-state index in [1.54, 1.807) is 7.11 Å². The van der Waals surface area contributed by atoms with Gasteiger partial charge in [0.05, 0.1) is 6.04 Å². The number of rotatable bonds is 5. The summed E-state index contributed by atoms with van der Waals surface area (Å²) >= 11 is 1.41. The zero-order valence-electron chi connectivity index (χ0n) is 16.2. The standard InChI is InChI=1S/C17H24N8OS/c1-17(2,3)15-20-19-13-6-7-14(21-25(13)15)24-8-11(9-24)23(4)16-18-12(10-26-5)22-27-16/h6-7,11H,8-10H2,1-5H3. The van der Waals surface area contributed by atoms with E-state index in [2.05, 4.69) is 57.2 Å². The van der Waals surface area contributed by atoms with Crippen molar-refractivity contribution in [3.63, 3.8) is 0 Å². The number of likely N-dealkylation sites (N-methyl/N-ethyl adjacent to an activating group) is 1. The maximum atomic E-state index is 5.09. The summed E-state index contributed by atoms with van der Waals surface area (Å²) in [7, 11) is 3.71. The predicted molar refractivity (Wildman–Crippen MR) is 105 cm³/mol. The molecule has 0 aliphatic carbocycles. The number of aromatic nitrogens is 6. The van der Waals surface area contributed by atoms with Crippen LogP contribution in [0.25, 0.3) is 5.65 Å². The largest absolute Gasteiger partial charge is 0.377 e. The van der Waals surface area contributed by atoms with Crippen molar-refractivity contribution in [1.29, 1.82) is 0 Å². The summed E-state index contributed by atoms with van der Waals surface area (Å²) in [6.07, 6.45) is 0. The molecule has 0 bridgehead atoms. The molecule has 9 nitrogen and oxygen atoms in total. The van der Waals surface area contributed by atoms with Crippen LogP contribution in [0.3, 0.4) is 0 Å². The van der Waals surface area contributed by atoms with Crippen molar-refractivity contribution in [2.45, 2.75) is 38.8 Å². The third kappa shape index (κ3) is 3.34. The molecule has 0 atom stereocenters. The van der Waals surface area contributed by atoms with Crippen LogP contribution in [0.5, 0.6) is 0 Å². The van der Waals surface area contributed by atoms with Gasteiger partial charge in [-0.1, -0.05) is 20.8 Å². The Bertz CT molecular complexity index is 940. The molecular weight excluding hydrogens is 364 g/mol. The minimum Gasteiger partial charge on any atom is -0.377 e. The van der Waals surface area contributed by atoms with E-state index in [0.29, 0.717) is 12.6 Å². The highest BCUT2D eigenvalue weighted by molar-refractivity contribution is 7.09. The Hall–Kier alpha value is -2.33. The van der Waals surface area contributed by atoms with E-state index in [9.17, 15) is 0 Å². The molecule has 10 heteroatoms. The van der Waals surface area contributed by atoms with Crippen molar-refractivity contribution in [2.75, 3.05) is 37.0 Å². The third-order valence-corrected chi connectivity index (χ3v) is 5.53.